The average Bonchev–Trinajstić information content (AvgIpc) is 2.83. The molecule has 190 valence electrons. The number of phenols is 1. The number of nitrogens with one attached hydrogen (secondary N) is 1. The molecule has 0 heterocycles. The van der Waals surface area contributed by atoms with E-state index in [1.165, 1.54) is 31.4 Å². The minimum absolute atomic E-state index is 0.0814. The average molecular weight is 560 g/mol. The number of aryl methyl sites for hydroxylation is 1. The van der Waals surface area contributed by atoms with E-state index in [-0.39, 0.29) is 27.6 Å². The molecule has 4 aromatic carbocycles. The minimum Gasteiger partial charge on any atom is -0.505 e. The van der Waals surface area contributed by atoms with E-state index >= 15 is 0 Å². The van der Waals surface area contributed by atoms with Crippen molar-refractivity contribution in [2.45, 2.75) is 11.8 Å². The summed E-state index contributed by atoms with van der Waals surface area (Å²) in [4.78, 5) is 12.6. The summed E-state index contributed by atoms with van der Waals surface area (Å²) in [5.74, 6) is -0.852. The van der Waals surface area contributed by atoms with Crippen molar-refractivity contribution in [3.05, 3.63) is 81.8 Å². The molecule has 4 rings (SSSR count). The van der Waals surface area contributed by atoms with Crippen LogP contribution in [0.3, 0.4) is 0 Å². The Morgan fingerprint density at radius 3 is 2.41 bits per heavy atom. The van der Waals surface area contributed by atoms with Crippen LogP contribution in [0.25, 0.3) is 10.8 Å². The number of carbonyl (C=O) groups is 1. The number of benzene rings is 4. The van der Waals surface area contributed by atoms with Gasteiger partial charge < -0.3 is 15.2 Å². The molecule has 3 N–H and O–H groups in total. The molecule has 37 heavy (non-hydrogen) atoms. The smallest absolute Gasteiger partial charge is 0.296 e. The topological polar surface area (TPSA) is 138 Å². The van der Waals surface area contributed by atoms with E-state index < -0.39 is 26.7 Å². The Balaban J connectivity index is 1.86. The highest BCUT2D eigenvalue weighted by Gasteiger charge is 2.22. The second-order valence-electron chi connectivity index (χ2n) is 7.91. The summed E-state index contributed by atoms with van der Waals surface area (Å²) in [7, 11) is -3.26. The molecule has 12 heteroatoms. The first kappa shape index (κ1) is 26.4. The highest BCUT2D eigenvalue weighted by molar-refractivity contribution is 7.86. The molecule has 0 aliphatic rings. The molecule has 0 saturated carbocycles. The van der Waals surface area contributed by atoms with E-state index in [0.29, 0.717) is 27.1 Å². The van der Waals surface area contributed by atoms with Gasteiger partial charge in [-0.05, 0) is 54.3 Å². The number of azo groups is 1. The Hall–Kier alpha value is -3.70. The Kier molecular flexibility index (Phi) is 7.37. The van der Waals surface area contributed by atoms with E-state index in [2.05, 4.69) is 15.5 Å². The fourth-order valence-corrected chi connectivity index (χ4v) is 4.93. The van der Waals surface area contributed by atoms with Crippen molar-refractivity contribution in [2.24, 2.45) is 10.2 Å². The van der Waals surface area contributed by atoms with Gasteiger partial charge in [-0.2, -0.15) is 8.42 Å². The Bertz CT molecular complexity index is 1690. The van der Waals surface area contributed by atoms with Crippen LogP contribution in [0.1, 0.15) is 15.9 Å². The predicted octanol–water partition coefficient (Wildman–Crippen LogP) is 7.08. The van der Waals surface area contributed by atoms with Crippen molar-refractivity contribution in [3.63, 3.8) is 0 Å². The van der Waals surface area contributed by atoms with Gasteiger partial charge in [0.1, 0.15) is 22.0 Å². The molecule has 4 aromatic rings. The van der Waals surface area contributed by atoms with Crippen LogP contribution < -0.4 is 10.1 Å². The zero-order chi connectivity index (χ0) is 26.9. The first-order valence-corrected chi connectivity index (χ1v) is 12.8. The zero-order valence-corrected chi connectivity index (χ0v) is 21.7. The number of aromatic hydroxyl groups is 1. The second-order valence-corrected chi connectivity index (χ2v) is 10.1. The van der Waals surface area contributed by atoms with Crippen LogP contribution in [-0.4, -0.2) is 31.1 Å². The summed E-state index contributed by atoms with van der Waals surface area (Å²) in [5, 5.41) is 23.0. The second kappa shape index (κ2) is 10.3. The van der Waals surface area contributed by atoms with Gasteiger partial charge in [0, 0.05) is 10.4 Å². The molecule has 0 spiro atoms. The van der Waals surface area contributed by atoms with E-state index in [1.54, 1.807) is 43.3 Å². The van der Waals surface area contributed by atoms with Gasteiger partial charge in [-0.3, -0.25) is 9.35 Å². The van der Waals surface area contributed by atoms with Gasteiger partial charge in [0.2, 0.25) is 0 Å². The first-order valence-electron chi connectivity index (χ1n) is 10.6. The molecule has 0 aliphatic heterocycles. The Labute approximate surface area is 222 Å². The third-order valence-corrected chi connectivity index (χ3v) is 6.74. The summed E-state index contributed by atoms with van der Waals surface area (Å²) in [6, 6.07) is 15.6. The van der Waals surface area contributed by atoms with Crippen molar-refractivity contribution in [3.8, 4) is 11.5 Å². The van der Waals surface area contributed by atoms with Gasteiger partial charge in [0.05, 0.1) is 23.4 Å². The lowest BCUT2D eigenvalue weighted by molar-refractivity contribution is 0.102. The van der Waals surface area contributed by atoms with Gasteiger partial charge >= 0.3 is 0 Å². The van der Waals surface area contributed by atoms with Crippen LogP contribution in [0.5, 0.6) is 11.5 Å². The molecule has 1 amide bonds. The van der Waals surface area contributed by atoms with Gasteiger partial charge in [0.15, 0.2) is 5.75 Å². The largest absolute Gasteiger partial charge is 0.505 e. The molecular weight excluding hydrogens is 541 g/mol. The van der Waals surface area contributed by atoms with Crippen LogP contribution >= 0.6 is 23.2 Å². The van der Waals surface area contributed by atoms with E-state index in [0.717, 1.165) is 0 Å². The number of rotatable bonds is 6. The van der Waals surface area contributed by atoms with E-state index in [4.69, 9.17) is 27.9 Å². The van der Waals surface area contributed by atoms with Crippen LogP contribution in [0.4, 0.5) is 17.1 Å². The normalized spacial score (nSPS) is 11.7. The van der Waals surface area contributed by atoms with Crippen molar-refractivity contribution in [2.75, 3.05) is 12.4 Å². The van der Waals surface area contributed by atoms with Crippen molar-refractivity contribution in [1.29, 1.82) is 0 Å². The SMILES string of the molecule is COc1ccc(Cl)cc1NC(=O)c1cc2ccccc2c(N=Nc2c(Cl)cc(C)cc2S(=O)(=O)O)c1O. The number of phenolic OH excluding ortho intramolecular Hbond substituents is 1. The molecule has 9 nitrogen and oxygen atoms in total. The summed E-state index contributed by atoms with van der Waals surface area (Å²) in [6.45, 7) is 1.60. The number of anilines is 1. The highest BCUT2D eigenvalue weighted by Crippen LogP contribution is 2.42. The number of halogens is 2. The number of carbonyl (C=O) groups excluding carboxylic acids is 1. The predicted molar refractivity (Wildman–Crippen MR) is 142 cm³/mol. The number of hydrogen-bond donors (Lipinski definition) is 3. The molecule has 0 aliphatic carbocycles. The molecule has 0 aromatic heterocycles. The number of fused-ring (bicyclic) bond motifs is 1. The van der Waals surface area contributed by atoms with Crippen molar-refractivity contribution < 1.29 is 27.6 Å². The third kappa shape index (κ3) is 5.52. The third-order valence-electron chi connectivity index (χ3n) is 5.35. The van der Waals surface area contributed by atoms with Crippen LogP contribution in [-0.2, 0) is 10.1 Å². The summed E-state index contributed by atoms with van der Waals surface area (Å²) < 4.78 is 38.7. The summed E-state index contributed by atoms with van der Waals surface area (Å²) >= 11 is 12.2. The molecule has 0 fully saturated rings. The highest BCUT2D eigenvalue weighted by atomic mass is 35.5. The molecule has 0 radical (unpaired) electrons. The van der Waals surface area contributed by atoms with Crippen LogP contribution in [0.15, 0.2) is 75.8 Å². The summed E-state index contributed by atoms with van der Waals surface area (Å²) in [5.41, 5.74) is 0.177. The molecule has 0 unspecified atom stereocenters. The fourth-order valence-electron chi connectivity index (χ4n) is 3.66. The van der Waals surface area contributed by atoms with Crippen molar-refractivity contribution in [1.82, 2.24) is 0 Å². The van der Waals surface area contributed by atoms with Crippen LogP contribution in [0.2, 0.25) is 10.0 Å². The summed E-state index contributed by atoms with van der Waals surface area (Å²) in [6.07, 6.45) is 0. The molecule has 0 bridgehead atoms. The molecule has 0 saturated heterocycles. The monoisotopic (exact) mass is 559 g/mol. The maximum Gasteiger partial charge on any atom is 0.296 e. The molecular formula is C25H19Cl2N3O6S. The molecule has 0 atom stereocenters. The van der Waals surface area contributed by atoms with Crippen molar-refractivity contribution >= 4 is 67.1 Å². The number of amides is 1. The lowest BCUT2D eigenvalue weighted by Crippen LogP contribution is -2.13. The maximum absolute atomic E-state index is 13.2. The lowest BCUT2D eigenvalue weighted by Gasteiger charge is -2.13. The van der Waals surface area contributed by atoms with E-state index in [1.807, 2.05) is 0 Å². The fraction of sp³-hybridized carbons (Fsp3) is 0.0800. The van der Waals surface area contributed by atoms with Gasteiger partial charge in [-0.15, -0.1) is 10.2 Å². The standard InChI is InChI=1S/C25H19Cl2N3O6S/c1-13-9-18(27)23(21(10-13)37(33,34)35)30-29-22-16-6-4-3-5-14(16)11-17(24(22)31)25(32)28-19-12-15(26)7-8-20(19)36-2/h3-12,31H,1-2H3,(H,28,32)(H,33,34,35). The lowest BCUT2D eigenvalue weighted by atomic mass is 10.0. The van der Waals surface area contributed by atoms with Gasteiger partial charge in [0.25, 0.3) is 16.0 Å². The zero-order valence-electron chi connectivity index (χ0n) is 19.4. The quantitative estimate of drug-likeness (QED) is 0.170. The Morgan fingerprint density at radius 1 is 1.00 bits per heavy atom. The van der Waals surface area contributed by atoms with Gasteiger partial charge in [-0.25, -0.2) is 0 Å². The number of methoxy groups -OCH3 is 1. The minimum atomic E-state index is -4.69. The number of nitrogens with zero attached hydrogens (tertiary/aromatic N) is 2. The first-order chi connectivity index (χ1) is 17.5. The Morgan fingerprint density at radius 2 is 1.70 bits per heavy atom. The number of ether oxygens (including phenoxy) is 1. The number of hydrogen-bond acceptors (Lipinski definition) is 7. The van der Waals surface area contributed by atoms with Gasteiger partial charge in [-0.1, -0.05) is 47.5 Å². The van der Waals surface area contributed by atoms with E-state index in [9.17, 15) is 22.9 Å². The maximum atomic E-state index is 13.2. The van der Waals surface area contributed by atoms with Crippen LogP contribution in [0, 0.1) is 6.92 Å².